The van der Waals surface area contributed by atoms with Crippen LogP contribution in [0.15, 0.2) is 34.4 Å². The smallest absolute Gasteiger partial charge is 0.293 e. The molecule has 9 heteroatoms. The Bertz CT molecular complexity index is 1650. The van der Waals surface area contributed by atoms with Gasteiger partial charge in [-0.1, -0.05) is 66.2 Å². The molecule has 52 heavy (non-hydrogen) atoms. The number of sulfone groups is 1. The van der Waals surface area contributed by atoms with Crippen molar-refractivity contribution in [1.29, 1.82) is 0 Å². The molecule has 0 amide bonds. The van der Waals surface area contributed by atoms with Crippen LogP contribution in [0.5, 0.6) is 0 Å². The second kappa shape index (κ2) is 13.4. The molecule has 0 aromatic carbocycles. The number of carbonyl (C=O) groups is 2. The molecule has 0 radical (unpaired) electrons. The van der Waals surface area contributed by atoms with Gasteiger partial charge in [-0.2, -0.15) is 0 Å². The lowest BCUT2D eigenvalue weighted by Crippen LogP contribution is -2.65. The standard InChI is InChI=1S/C43H65FN2O5S/c1-28(2)37-34(48)24-30-33(45-18-19-46-20-22-52(49,50)23-21-46)25-42(7)32(38(30)37)8-9-36-40(5)14-12-31(39(3,4)35(40)13-15-41(36,42)6)29-10-16-43(26-44,17-11-29)51-27-47/h10,12,27-28,30,32-33,35-36,45H,8-9,11,13-26H2,1-7H3/t30?,32-,33+,35+,36-,40+,41-,42-,43-/m1/s1. The van der Waals surface area contributed by atoms with Gasteiger partial charge in [-0.15, -0.1) is 0 Å². The minimum absolute atomic E-state index is 0.0279. The van der Waals surface area contributed by atoms with Crippen LogP contribution in [-0.2, 0) is 24.2 Å². The lowest BCUT2D eigenvalue weighted by Gasteiger charge is -2.71. The summed E-state index contributed by atoms with van der Waals surface area (Å²) >= 11 is 0. The summed E-state index contributed by atoms with van der Waals surface area (Å²) in [5.74, 6) is 2.85. The van der Waals surface area contributed by atoms with E-state index < -0.39 is 22.1 Å². The molecule has 0 aromatic rings. The first-order chi connectivity index (χ1) is 24.5. The normalized spacial score (nSPS) is 42.8. The highest BCUT2D eigenvalue weighted by molar-refractivity contribution is 7.91. The summed E-state index contributed by atoms with van der Waals surface area (Å²) in [6, 6.07) is 0.234. The van der Waals surface area contributed by atoms with E-state index in [1.54, 1.807) is 0 Å². The monoisotopic (exact) mass is 740 g/mol. The Morgan fingerprint density at radius 1 is 1.00 bits per heavy atom. The number of nitrogens with one attached hydrogen (secondary N) is 1. The Balaban J connectivity index is 1.18. The van der Waals surface area contributed by atoms with E-state index in [9.17, 15) is 22.4 Å². The number of hydrogen-bond acceptors (Lipinski definition) is 7. The summed E-state index contributed by atoms with van der Waals surface area (Å²) < 4.78 is 43.4. The number of rotatable bonds is 9. The third kappa shape index (κ3) is 5.95. The number of fused-ring (bicyclic) bond motifs is 7. The summed E-state index contributed by atoms with van der Waals surface area (Å²) in [7, 11) is -2.91. The third-order valence-electron chi connectivity index (χ3n) is 16.7. The highest BCUT2D eigenvalue weighted by Crippen LogP contribution is 2.75. The molecule has 7 aliphatic rings. The number of ether oxygens (including phenoxy) is 1. The summed E-state index contributed by atoms with van der Waals surface area (Å²) in [4.78, 5) is 27.3. The molecule has 0 bridgehead atoms. The molecular weight excluding hydrogens is 676 g/mol. The molecule has 290 valence electrons. The average Bonchev–Trinajstić information content (AvgIpc) is 3.43. The molecule has 7 rings (SSSR count). The van der Waals surface area contributed by atoms with Gasteiger partial charge in [0, 0.05) is 51.0 Å². The minimum Gasteiger partial charge on any atom is -0.458 e. The van der Waals surface area contributed by atoms with Gasteiger partial charge in [0.1, 0.15) is 12.3 Å². The van der Waals surface area contributed by atoms with Crippen LogP contribution in [0.4, 0.5) is 4.39 Å². The van der Waals surface area contributed by atoms with Crippen LogP contribution < -0.4 is 5.32 Å². The predicted octanol–water partition coefficient (Wildman–Crippen LogP) is 7.42. The first-order valence-corrected chi connectivity index (χ1v) is 22.3. The van der Waals surface area contributed by atoms with Crippen LogP contribution in [0, 0.1) is 51.2 Å². The van der Waals surface area contributed by atoms with E-state index in [2.05, 4.69) is 70.8 Å². The summed E-state index contributed by atoms with van der Waals surface area (Å²) in [5, 5.41) is 4.01. The molecule has 1 aliphatic heterocycles. The zero-order chi connectivity index (χ0) is 37.5. The van der Waals surface area contributed by atoms with Crippen molar-refractivity contribution in [3.8, 4) is 0 Å². The zero-order valence-corrected chi connectivity index (χ0v) is 33.8. The Morgan fingerprint density at radius 3 is 2.37 bits per heavy atom. The number of ketones is 1. The fourth-order valence-electron chi connectivity index (χ4n) is 13.9. The maximum atomic E-state index is 14.0. The van der Waals surface area contributed by atoms with E-state index in [0.29, 0.717) is 62.4 Å². The molecule has 1 heterocycles. The summed E-state index contributed by atoms with van der Waals surface area (Å²) in [6.45, 7) is 19.8. The third-order valence-corrected chi connectivity index (χ3v) is 18.3. The molecular formula is C43H65FN2O5S. The average molecular weight is 741 g/mol. The lowest BCUT2D eigenvalue weighted by atomic mass is 9.33. The van der Waals surface area contributed by atoms with E-state index >= 15 is 0 Å². The van der Waals surface area contributed by atoms with Crippen molar-refractivity contribution in [2.75, 3.05) is 44.4 Å². The Hall–Kier alpha value is -1.84. The molecule has 1 N–H and O–H groups in total. The first kappa shape index (κ1) is 38.4. The van der Waals surface area contributed by atoms with Gasteiger partial charge in [0.25, 0.3) is 6.47 Å². The number of alkyl halides is 1. The van der Waals surface area contributed by atoms with Gasteiger partial charge in [-0.05, 0) is 113 Å². The van der Waals surface area contributed by atoms with E-state index in [-0.39, 0.29) is 51.0 Å². The molecule has 3 saturated carbocycles. The molecule has 7 nitrogen and oxygen atoms in total. The summed E-state index contributed by atoms with van der Waals surface area (Å²) in [6.07, 6.45) is 13.8. The number of halogens is 1. The van der Waals surface area contributed by atoms with Gasteiger partial charge in [0.2, 0.25) is 0 Å². The van der Waals surface area contributed by atoms with Crippen molar-refractivity contribution >= 4 is 22.1 Å². The molecule has 0 spiro atoms. The van der Waals surface area contributed by atoms with Crippen molar-refractivity contribution in [3.05, 3.63) is 34.4 Å². The van der Waals surface area contributed by atoms with Gasteiger partial charge in [0.15, 0.2) is 15.6 Å². The number of allylic oxidation sites excluding steroid dienone is 4. The molecule has 6 aliphatic carbocycles. The van der Waals surface area contributed by atoms with Crippen molar-refractivity contribution < 1.29 is 27.1 Å². The maximum absolute atomic E-state index is 14.0. The molecule has 1 unspecified atom stereocenters. The minimum atomic E-state index is -2.91. The van der Waals surface area contributed by atoms with Crippen LogP contribution in [0.1, 0.15) is 113 Å². The SMILES string of the molecule is CC(C)C1=C2C(CC1=O)[C@@H](NCCN1CCS(=O)(=O)CC1)C[C@]1(C)[C@@H]2CC[C@@H]2[C@@]3(C)CC=C(C4=CC[C@@](CF)(OC=O)CC4)C(C)(C)[C@@H]3CC[C@]21C. The molecule has 4 fully saturated rings. The fourth-order valence-corrected chi connectivity index (χ4v) is 15.2. The second-order valence-corrected chi connectivity index (χ2v) is 21.9. The molecule has 1 saturated heterocycles. The lowest BCUT2D eigenvalue weighted by molar-refractivity contribution is -0.197. The van der Waals surface area contributed by atoms with Gasteiger partial charge < -0.3 is 15.0 Å². The van der Waals surface area contributed by atoms with E-state index in [0.717, 1.165) is 44.3 Å². The number of nitrogens with zero attached hydrogens (tertiary/aromatic N) is 1. The van der Waals surface area contributed by atoms with E-state index in [1.165, 1.54) is 36.0 Å². The fraction of sp³-hybridized carbons (Fsp3) is 0.814. The van der Waals surface area contributed by atoms with Crippen molar-refractivity contribution in [3.63, 3.8) is 0 Å². The highest BCUT2D eigenvalue weighted by atomic mass is 32.2. The predicted molar refractivity (Wildman–Crippen MR) is 204 cm³/mol. The van der Waals surface area contributed by atoms with E-state index in [1.807, 2.05) is 0 Å². The van der Waals surface area contributed by atoms with Gasteiger partial charge in [0.05, 0.1) is 11.5 Å². The van der Waals surface area contributed by atoms with Crippen LogP contribution in [-0.4, -0.2) is 81.6 Å². The van der Waals surface area contributed by atoms with Crippen LogP contribution >= 0.6 is 0 Å². The van der Waals surface area contributed by atoms with Crippen LogP contribution in [0.3, 0.4) is 0 Å². The first-order valence-electron chi connectivity index (χ1n) is 20.5. The zero-order valence-electron chi connectivity index (χ0n) is 33.0. The van der Waals surface area contributed by atoms with Crippen LogP contribution in [0.25, 0.3) is 0 Å². The largest absolute Gasteiger partial charge is 0.458 e. The van der Waals surface area contributed by atoms with Crippen molar-refractivity contribution in [2.24, 2.45) is 51.2 Å². The van der Waals surface area contributed by atoms with Crippen molar-refractivity contribution in [1.82, 2.24) is 10.2 Å². The number of carbonyl (C=O) groups excluding carboxylic acids is 2. The molecule has 0 aromatic heterocycles. The number of Topliss-reactive ketones (excluding diaryl/α,β-unsaturated/α-hetero) is 1. The summed E-state index contributed by atoms with van der Waals surface area (Å²) in [5.41, 5.74) is 4.60. The van der Waals surface area contributed by atoms with Crippen molar-refractivity contribution in [2.45, 2.75) is 124 Å². The maximum Gasteiger partial charge on any atom is 0.293 e. The Labute approximate surface area is 312 Å². The van der Waals surface area contributed by atoms with Gasteiger partial charge in [-0.25, -0.2) is 12.8 Å². The Kier molecular flexibility index (Phi) is 9.92. The van der Waals surface area contributed by atoms with Gasteiger partial charge in [-0.3, -0.25) is 9.59 Å². The second-order valence-electron chi connectivity index (χ2n) is 19.6. The topological polar surface area (TPSA) is 92.8 Å². The molecule has 9 atom stereocenters. The highest BCUT2D eigenvalue weighted by Gasteiger charge is 2.69. The number of hydrogen-bond donors (Lipinski definition) is 1. The quantitative estimate of drug-likeness (QED) is 0.246. The van der Waals surface area contributed by atoms with E-state index in [4.69, 9.17) is 4.74 Å². The Morgan fingerprint density at radius 2 is 1.73 bits per heavy atom. The van der Waals surface area contributed by atoms with Gasteiger partial charge >= 0.3 is 0 Å². The van der Waals surface area contributed by atoms with Crippen LogP contribution in [0.2, 0.25) is 0 Å².